The van der Waals surface area contributed by atoms with Crippen molar-refractivity contribution in [3.8, 4) is 0 Å². The molecule has 0 radical (unpaired) electrons. The van der Waals surface area contributed by atoms with Crippen molar-refractivity contribution < 1.29 is 13.2 Å². The molecule has 1 fully saturated rings. The average molecular weight is 401 g/mol. The average Bonchev–Trinajstić information content (AvgIpc) is 2.32. The van der Waals surface area contributed by atoms with E-state index in [1.165, 1.54) is 0 Å². The Morgan fingerprint density at radius 2 is 1.79 bits per heavy atom. The van der Waals surface area contributed by atoms with Gasteiger partial charge in [0.25, 0.3) is 0 Å². The van der Waals surface area contributed by atoms with E-state index >= 15 is 0 Å². The number of hydrogen-bond donors (Lipinski definition) is 1. The summed E-state index contributed by atoms with van der Waals surface area (Å²) in [6, 6.07) is 4.90. The van der Waals surface area contributed by atoms with Crippen LogP contribution in [-0.4, -0.2) is 12.2 Å². The van der Waals surface area contributed by atoms with E-state index in [0.29, 0.717) is 18.5 Å². The minimum Gasteiger partial charge on any atom is -0.381 e. The maximum atomic E-state index is 13.0. The number of anilines is 1. The highest BCUT2D eigenvalue weighted by atomic mass is 79.9. The Morgan fingerprint density at radius 3 is 2.42 bits per heavy atom. The van der Waals surface area contributed by atoms with Crippen molar-refractivity contribution in [2.24, 2.45) is 5.92 Å². The van der Waals surface area contributed by atoms with Crippen molar-refractivity contribution in [3.63, 3.8) is 0 Å². The first-order valence-electron chi connectivity index (χ1n) is 6.16. The zero-order chi connectivity index (χ0) is 14.0. The van der Waals surface area contributed by atoms with Crippen molar-refractivity contribution in [2.75, 3.05) is 5.32 Å². The summed E-state index contributed by atoms with van der Waals surface area (Å²) in [4.78, 5) is 0. The predicted molar refractivity (Wildman–Crippen MR) is 77.3 cm³/mol. The second-order valence-corrected chi connectivity index (χ2v) is 6.58. The van der Waals surface area contributed by atoms with Crippen LogP contribution in [0.5, 0.6) is 0 Å². The molecule has 1 saturated carbocycles. The van der Waals surface area contributed by atoms with Gasteiger partial charge in [-0.2, -0.15) is 13.2 Å². The van der Waals surface area contributed by atoms with Gasteiger partial charge in [-0.15, -0.1) is 0 Å². The number of benzene rings is 1. The molecule has 1 N–H and O–H groups in total. The lowest BCUT2D eigenvalue weighted by Crippen LogP contribution is -2.41. The van der Waals surface area contributed by atoms with Gasteiger partial charge in [-0.3, -0.25) is 0 Å². The standard InChI is InChI=1S/C13H14Br2F3N/c14-8-5-6-12(10(15)7-8)19-11-4-2-1-3-9(11)13(16,17)18/h5-7,9,11,19H,1-4H2. The van der Waals surface area contributed by atoms with E-state index in [9.17, 15) is 13.2 Å². The van der Waals surface area contributed by atoms with Crippen LogP contribution in [0.15, 0.2) is 27.1 Å². The van der Waals surface area contributed by atoms with Crippen LogP contribution in [0.4, 0.5) is 18.9 Å². The molecule has 0 aromatic heterocycles. The lowest BCUT2D eigenvalue weighted by Gasteiger charge is -2.34. The molecule has 1 nitrogen and oxygen atoms in total. The highest BCUT2D eigenvalue weighted by Crippen LogP contribution is 2.40. The number of rotatable bonds is 2. The summed E-state index contributed by atoms with van der Waals surface area (Å²) in [5, 5.41) is 3.05. The van der Waals surface area contributed by atoms with Crippen LogP contribution >= 0.6 is 31.9 Å². The maximum Gasteiger partial charge on any atom is 0.393 e. The van der Waals surface area contributed by atoms with Crippen LogP contribution < -0.4 is 5.32 Å². The monoisotopic (exact) mass is 399 g/mol. The van der Waals surface area contributed by atoms with Gasteiger partial charge < -0.3 is 5.32 Å². The fourth-order valence-corrected chi connectivity index (χ4v) is 3.66. The summed E-state index contributed by atoms with van der Waals surface area (Å²) in [7, 11) is 0. The summed E-state index contributed by atoms with van der Waals surface area (Å²) in [5.41, 5.74) is 0.712. The number of hydrogen-bond acceptors (Lipinski definition) is 1. The van der Waals surface area contributed by atoms with E-state index in [-0.39, 0.29) is 6.42 Å². The van der Waals surface area contributed by atoms with Gasteiger partial charge in [-0.05, 0) is 47.0 Å². The quantitative estimate of drug-likeness (QED) is 0.666. The van der Waals surface area contributed by atoms with Crippen molar-refractivity contribution in [1.29, 1.82) is 0 Å². The smallest absolute Gasteiger partial charge is 0.381 e. The van der Waals surface area contributed by atoms with E-state index in [1.807, 2.05) is 12.1 Å². The summed E-state index contributed by atoms with van der Waals surface area (Å²) < 4.78 is 40.7. The normalized spacial score (nSPS) is 24.3. The van der Waals surface area contributed by atoms with Crippen molar-refractivity contribution in [2.45, 2.75) is 37.9 Å². The lowest BCUT2D eigenvalue weighted by atomic mass is 9.84. The predicted octanol–water partition coefficient (Wildman–Crippen LogP) is 5.74. The topological polar surface area (TPSA) is 12.0 Å². The van der Waals surface area contributed by atoms with Crippen molar-refractivity contribution in [1.82, 2.24) is 0 Å². The van der Waals surface area contributed by atoms with E-state index in [2.05, 4.69) is 37.2 Å². The van der Waals surface area contributed by atoms with Gasteiger partial charge in [0, 0.05) is 20.7 Å². The fourth-order valence-electron chi connectivity index (χ4n) is 2.50. The fraction of sp³-hybridized carbons (Fsp3) is 0.538. The van der Waals surface area contributed by atoms with Gasteiger partial charge in [0.1, 0.15) is 0 Å². The first-order valence-corrected chi connectivity index (χ1v) is 7.75. The Morgan fingerprint density at radius 1 is 1.11 bits per heavy atom. The highest BCUT2D eigenvalue weighted by Gasteiger charge is 2.45. The number of alkyl halides is 3. The highest BCUT2D eigenvalue weighted by molar-refractivity contribution is 9.11. The number of halogens is 5. The van der Waals surface area contributed by atoms with E-state index < -0.39 is 18.1 Å². The molecule has 0 saturated heterocycles. The Balaban J connectivity index is 2.15. The van der Waals surface area contributed by atoms with E-state index in [1.54, 1.807) is 6.07 Å². The van der Waals surface area contributed by atoms with Gasteiger partial charge in [0.05, 0.1) is 5.92 Å². The van der Waals surface area contributed by atoms with Gasteiger partial charge in [0.2, 0.25) is 0 Å². The Labute approximate surface area is 127 Å². The lowest BCUT2D eigenvalue weighted by molar-refractivity contribution is -0.184. The first-order chi connectivity index (χ1) is 8.88. The molecule has 106 valence electrons. The molecule has 19 heavy (non-hydrogen) atoms. The molecular weight excluding hydrogens is 387 g/mol. The zero-order valence-corrected chi connectivity index (χ0v) is 13.3. The molecule has 0 heterocycles. The maximum absolute atomic E-state index is 13.0. The second kappa shape index (κ2) is 6.04. The minimum atomic E-state index is -4.13. The molecule has 0 aliphatic heterocycles. The van der Waals surface area contributed by atoms with Crippen molar-refractivity contribution in [3.05, 3.63) is 27.1 Å². The molecule has 0 bridgehead atoms. The third-order valence-electron chi connectivity index (χ3n) is 3.46. The Hall–Kier alpha value is -0.230. The summed E-state index contributed by atoms with van der Waals surface area (Å²) >= 11 is 6.70. The Kier molecular flexibility index (Phi) is 4.82. The van der Waals surface area contributed by atoms with Crippen molar-refractivity contribution >= 4 is 37.5 Å². The largest absolute Gasteiger partial charge is 0.393 e. The minimum absolute atomic E-state index is 0.218. The first kappa shape index (κ1) is 15.2. The van der Waals surface area contributed by atoms with Gasteiger partial charge in [-0.1, -0.05) is 28.8 Å². The molecular formula is C13H14Br2F3N. The van der Waals surface area contributed by atoms with Gasteiger partial charge >= 0.3 is 6.18 Å². The van der Waals surface area contributed by atoms with E-state index in [4.69, 9.17) is 0 Å². The molecule has 0 amide bonds. The molecule has 1 aromatic rings. The molecule has 2 unspecified atom stereocenters. The van der Waals surface area contributed by atoms with Gasteiger partial charge in [0.15, 0.2) is 0 Å². The van der Waals surface area contributed by atoms with Crippen LogP contribution in [0, 0.1) is 5.92 Å². The van der Waals surface area contributed by atoms with Crippen LogP contribution in [0.3, 0.4) is 0 Å². The molecule has 2 atom stereocenters. The van der Waals surface area contributed by atoms with Crippen LogP contribution in [-0.2, 0) is 0 Å². The zero-order valence-electron chi connectivity index (χ0n) is 10.1. The van der Waals surface area contributed by atoms with Crippen LogP contribution in [0.2, 0.25) is 0 Å². The van der Waals surface area contributed by atoms with Gasteiger partial charge in [-0.25, -0.2) is 0 Å². The SMILES string of the molecule is FC(F)(F)C1CCCCC1Nc1ccc(Br)cc1Br. The third-order valence-corrected chi connectivity index (χ3v) is 4.61. The summed E-state index contributed by atoms with van der Waals surface area (Å²) in [6.07, 6.45) is -1.84. The third kappa shape index (κ3) is 3.88. The molecule has 1 aromatic carbocycles. The summed E-state index contributed by atoms with van der Waals surface area (Å²) in [5.74, 6) is -1.25. The Bertz CT molecular complexity index is 448. The molecule has 1 aliphatic rings. The summed E-state index contributed by atoms with van der Waals surface area (Å²) in [6.45, 7) is 0. The van der Waals surface area contributed by atoms with E-state index in [0.717, 1.165) is 15.4 Å². The molecule has 6 heteroatoms. The second-order valence-electron chi connectivity index (χ2n) is 4.81. The van der Waals surface area contributed by atoms with Crippen LogP contribution in [0.25, 0.3) is 0 Å². The van der Waals surface area contributed by atoms with Crippen LogP contribution in [0.1, 0.15) is 25.7 Å². The number of nitrogens with one attached hydrogen (secondary N) is 1. The molecule has 2 rings (SSSR count). The molecule has 0 spiro atoms. The molecule has 1 aliphatic carbocycles.